The van der Waals surface area contributed by atoms with E-state index in [1.54, 1.807) is 32.6 Å². The monoisotopic (exact) mass is 458 g/mol. The summed E-state index contributed by atoms with van der Waals surface area (Å²) in [5.41, 5.74) is -2.31. The standard InChI is InChI=1S/C23H24F2N4O4/c1-22(2,3)33-21(32)28-23(4)8-9-29(12-23)19-15(20(30)31)10-14(17(11-26)27-19)13-6-5-7-16(24)18(13)25/h5-7,10H,8-9,12H2,1-4H3,(H,28,32)(H,30,31). The maximum absolute atomic E-state index is 14.4. The van der Waals surface area contributed by atoms with Crippen LogP contribution >= 0.6 is 0 Å². The summed E-state index contributed by atoms with van der Waals surface area (Å²) in [6, 6.07) is 6.40. The number of aromatic nitrogens is 1. The zero-order chi connectivity index (χ0) is 24.6. The smallest absolute Gasteiger partial charge is 0.408 e. The number of carbonyl (C=O) groups excluding carboxylic acids is 1. The van der Waals surface area contributed by atoms with Gasteiger partial charge in [-0.15, -0.1) is 0 Å². The van der Waals surface area contributed by atoms with Crippen molar-refractivity contribution in [3.05, 3.63) is 47.2 Å². The lowest BCUT2D eigenvalue weighted by atomic mass is 10.0. The minimum Gasteiger partial charge on any atom is -0.478 e. The second-order valence-corrected chi connectivity index (χ2v) is 9.13. The molecule has 0 spiro atoms. The van der Waals surface area contributed by atoms with Gasteiger partial charge in [0.05, 0.1) is 5.54 Å². The topological polar surface area (TPSA) is 116 Å². The van der Waals surface area contributed by atoms with E-state index in [4.69, 9.17) is 4.74 Å². The molecule has 1 aliphatic rings. The zero-order valence-corrected chi connectivity index (χ0v) is 18.7. The molecular formula is C23H24F2N4O4. The Kier molecular flexibility index (Phi) is 6.27. The molecule has 3 rings (SSSR count). The number of hydrogen-bond acceptors (Lipinski definition) is 6. The molecule has 2 heterocycles. The molecule has 0 bridgehead atoms. The van der Waals surface area contributed by atoms with Gasteiger partial charge in [-0.2, -0.15) is 5.26 Å². The highest BCUT2D eigenvalue weighted by molar-refractivity contribution is 5.95. The molecule has 10 heteroatoms. The summed E-state index contributed by atoms with van der Waals surface area (Å²) >= 11 is 0. The molecule has 1 aliphatic heterocycles. The van der Waals surface area contributed by atoms with Crippen LogP contribution in [0.15, 0.2) is 24.3 Å². The fourth-order valence-corrected chi connectivity index (χ4v) is 3.70. The van der Waals surface area contributed by atoms with E-state index in [2.05, 4.69) is 10.3 Å². The van der Waals surface area contributed by atoms with Crippen LogP contribution in [-0.4, -0.2) is 46.4 Å². The molecule has 1 saturated heterocycles. The van der Waals surface area contributed by atoms with Crippen LogP contribution < -0.4 is 10.2 Å². The number of alkyl carbamates (subject to hydrolysis) is 1. The third-order valence-corrected chi connectivity index (χ3v) is 5.16. The van der Waals surface area contributed by atoms with E-state index in [-0.39, 0.29) is 34.7 Å². The van der Waals surface area contributed by atoms with Crippen LogP contribution in [0.1, 0.15) is 50.2 Å². The number of hydrogen-bond donors (Lipinski definition) is 2. The lowest BCUT2D eigenvalue weighted by Gasteiger charge is -2.29. The van der Waals surface area contributed by atoms with Crippen molar-refractivity contribution >= 4 is 17.9 Å². The molecule has 0 radical (unpaired) electrons. The highest BCUT2D eigenvalue weighted by atomic mass is 19.2. The van der Waals surface area contributed by atoms with Crippen molar-refractivity contribution in [1.29, 1.82) is 5.26 Å². The molecule has 8 nitrogen and oxygen atoms in total. The predicted molar refractivity (Wildman–Crippen MR) is 116 cm³/mol. The molecule has 1 unspecified atom stereocenters. The van der Waals surface area contributed by atoms with Crippen LogP contribution in [0.5, 0.6) is 0 Å². The van der Waals surface area contributed by atoms with E-state index in [1.165, 1.54) is 12.1 Å². The first-order valence-corrected chi connectivity index (χ1v) is 10.2. The Balaban J connectivity index is 1.97. The maximum atomic E-state index is 14.4. The van der Waals surface area contributed by atoms with Gasteiger partial charge in [0.1, 0.15) is 23.1 Å². The van der Waals surface area contributed by atoms with Gasteiger partial charge in [-0.25, -0.2) is 23.4 Å². The Bertz CT molecular complexity index is 1160. The van der Waals surface area contributed by atoms with Crippen LogP contribution in [0.4, 0.5) is 19.4 Å². The lowest BCUT2D eigenvalue weighted by molar-refractivity contribution is 0.0472. The number of nitrogens with one attached hydrogen (secondary N) is 1. The number of halogens is 2. The number of rotatable bonds is 4. The SMILES string of the molecule is CC1(NC(=O)OC(C)(C)C)CCN(c2nc(C#N)c(-c3cccc(F)c3F)cc2C(=O)O)C1. The number of amides is 1. The van der Waals surface area contributed by atoms with Crippen molar-refractivity contribution in [1.82, 2.24) is 10.3 Å². The molecule has 0 aliphatic carbocycles. The third-order valence-electron chi connectivity index (χ3n) is 5.16. The number of pyridine rings is 1. The minimum atomic E-state index is -1.34. The van der Waals surface area contributed by atoms with Crippen LogP contribution in [0.25, 0.3) is 11.1 Å². The van der Waals surface area contributed by atoms with Crippen LogP contribution in [0.3, 0.4) is 0 Å². The summed E-state index contributed by atoms with van der Waals surface area (Å²) in [5, 5.41) is 22.2. The van der Waals surface area contributed by atoms with E-state index in [0.717, 1.165) is 12.1 Å². The normalized spacial score (nSPS) is 18.0. The molecule has 174 valence electrons. The molecule has 2 N–H and O–H groups in total. The van der Waals surface area contributed by atoms with Gasteiger partial charge in [-0.05, 0) is 46.2 Å². The Labute approximate surface area is 189 Å². The number of nitriles is 1. The summed E-state index contributed by atoms with van der Waals surface area (Å²) in [6.45, 7) is 7.57. The van der Waals surface area contributed by atoms with Gasteiger partial charge < -0.3 is 20.1 Å². The van der Waals surface area contributed by atoms with Crippen LogP contribution in [0, 0.1) is 23.0 Å². The molecular weight excluding hydrogens is 434 g/mol. The fourth-order valence-electron chi connectivity index (χ4n) is 3.70. The Morgan fingerprint density at radius 3 is 2.61 bits per heavy atom. The third kappa shape index (κ3) is 5.19. The van der Waals surface area contributed by atoms with E-state index in [1.807, 2.05) is 6.07 Å². The number of carboxylic acid groups (broad SMARTS) is 1. The molecule has 1 fully saturated rings. The van der Waals surface area contributed by atoms with Gasteiger partial charge in [0.25, 0.3) is 0 Å². The number of nitrogens with zero attached hydrogens (tertiary/aromatic N) is 3. The van der Waals surface area contributed by atoms with E-state index >= 15 is 0 Å². The summed E-state index contributed by atoms with van der Waals surface area (Å²) in [6.07, 6.45) is -0.136. The molecule has 1 amide bonds. The van der Waals surface area contributed by atoms with E-state index in [9.17, 15) is 28.7 Å². The lowest BCUT2D eigenvalue weighted by Crippen LogP contribution is -2.49. The largest absolute Gasteiger partial charge is 0.478 e. The first kappa shape index (κ1) is 23.9. The average Bonchev–Trinajstić information content (AvgIpc) is 3.08. The number of anilines is 1. The van der Waals surface area contributed by atoms with Crippen LogP contribution in [-0.2, 0) is 4.74 Å². The summed E-state index contributed by atoms with van der Waals surface area (Å²) in [5.74, 6) is -3.65. The van der Waals surface area contributed by atoms with E-state index < -0.39 is 34.8 Å². The van der Waals surface area contributed by atoms with Crippen molar-refractivity contribution in [2.45, 2.75) is 45.3 Å². The zero-order valence-electron chi connectivity index (χ0n) is 18.7. The van der Waals surface area contributed by atoms with Gasteiger partial charge in [0.15, 0.2) is 17.3 Å². The van der Waals surface area contributed by atoms with Crippen molar-refractivity contribution < 1.29 is 28.2 Å². The second kappa shape index (κ2) is 8.65. The number of ether oxygens (including phenoxy) is 1. The summed E-state index contributed by atoms with van der Waals surface area (Å²) in [7, 11) is 0. The summed E-state index contributed by atoms with van der Waals surface area (Å²) < 4.78 is 33.4. The molecule has 1 atom stereocenters. The first-order chi connectivity index (χ1) is 15.3. The molecule has 33 heavy (non-hydrogen) atoms. The average molecular weight is 458 g/mol. The van der Waals surface area contributed by atoms with E-state index in [0.29, 0.717) is 13.0 Å². The molecule has 0 saturated carbocycles. The van der Waals surface area contributed by atoms with Crippen molar-refractivity contribution in [2.75, 3.05) is 18.0 Å². The predicted octanol–water partition coefficient (Wildman–Crippen LogP) is 4.09. The van der Waals surface area contributed by atoms with Gasteiger partial charge in [0.2, 0.25) is 0 Å². The van der Waals surface area contributed by atoms with Gasteiger partial charge in [-0.1, -0.05) is 12.1 Å². The quantitative estimate of drug-likeness (QED) is 0.709. The highest BCUT2D eigenvalue weighted by Gasteiger charge is 2.38. The first-order valence-electron chi connectivity index (χ1n) is 10.2. The van der Waals surface area contributed by atoms with Crippen molar-refractivity contribution in [3.8, 4) is 17.2 Å². The van der Waals surface area contributed by atoms with Gasteiger partial charge in [0, 0.05) is 24.2 Å². The van der Waals surface area contributed by atoms with Gasteiger partial charge >= 0.3 is 12.1 Å². The summed E-state index contributed by atoms with van der Waals surface area (Å²) in [4.78, 5) is 30.1. The number of aromatic carboxylic acids is 1. The number of carbonyl (C=O) groups is 2. The molecule has 2 aromatic rings. The van der Waals surface area contributed by atoms with Crippen molar-refractivity contribution in [3.63, 3.8) is 0 Å². The maximum Gasteiger partial charge on any atom is 0.408 e. The van der Waals surface area contributed by atoms with Gasteiger partial charge in [-0.3, -0.25) is 0 Å². The highest BCUT2D eigenvalue weighted by Crippen LogP contribution is 2.34. The molecule has 1 aromatic carbocycles. The van der Waals surface area contributed by atoms with Crippen molar-refractivity contribution in [2.24, 2.45) is 0 Å². The fraction of sp³-hybridized carbons (Fsp3) is 0.391. The van der Waals surface area contributed by atoms with Crippen LogP contribution in [0.2, 0.25) is 0 Å². The number of benzene rings is 1. The minimum absolute atomic E-state index is 0.00863. The Hall–Kier alpha value is -3.74. The second-order valence-electron chi connectivity index (χ2n) is 9.13. The number of carboxylic acids is 1. The molecule has 1 aromatic heterocycles. The Morgan fingerprint density at radius 1 is 1.30 bits per heavy atom. The Morgan fingerprint density at radius 2 is 2.00 bits per heavy atom.